The molecule has 0 aliphatic carbocycles. The van der Waals surface area contributed by atoms with Crippen molar-refractivity contribution in [3.05, 3.63) is 22.8 Å². The van der Waals surface area contributed by atoms with Crippen LogP contribution in [0.3, 0.4) is 0 Å². The summed E-state index contributed by atoms with van der Waals surface area (Å²) in [4.78, 5) is 4.12. The summed E-state index contributed by atoms with van der Waals surface area (Å²) in [5, 5.41) is 7.67. The van der Waals surface area contributed by atoms with E-state index in [1.807, 2.05) is 11.3 Å². The van der Waals surface area contributed by atoms with Gasteiger partial charge < -0.3 is 0 Å². The third-order valence-corrected chi connectivity index (χ3v) is 2.03. The Labute approximate surface area is 71.4 Å². The second kappa shape index (κ2) is 2.27. The van der Waals surface area contributed by atoms with E-state index >= 15 is 0 Å². The number of hydrogen-bond acceptors (Lipinski definition) is 3. The first-order valence-electron chi connectivity index (χ1n) is 3.10. The molecule has 4 nitrogen and oxygen atoms in total. The predicted octanol–water partition coefficient (Wildman–Crippen LogP) is 1.20. The molecule has 5 heteroatoms. The predicted molar refractivity (Wildman–Crippen MR) is 43.2 cm³/mol. The lowest BCUT2D eigenvalue weighted by Gasteiger charge is -1.96. The van der Waals surface area contributed by atoms with Crippen molar-refractivity contribution in [3.63, 3.8) is 0 Å². The summed E-state index contributed by atoms with van der Waals surface area (Å²) >= 11 is 3.32. The Bertz CT molecular complexity index is 358. The van der Waals surface area contributed by atoms with Crippen LogP contribution in [-0.2, 0) is 0 Å². The van der Waals surface area contributed by atoms with Crippen LogP contribution in [0.15, 0.2) is 17.0 Å². The number of hydrogen-bond donors (Lipinski definition) is 0. The summed E-state index contributed by atoms with van der Waals surface area (Å²) in [6, 6.07) is 0. The minimum atomic E-state index is 0.803. The summed E-state index contributed by atoms with van der Waals surface area (Å²) < 4.78 is 2.69. The quantitative estimate of drug-likeness (QED) is 0.660. The van der Waals surface area contributed by atoms with E-state index in [4.69, 9.17) is 0 Å². The van der Waals surface area contributed by atoms with E-state index in [1.165, 1.54) is 0 Å². The van der Waals surface area contributed by atoms with Crippen molar-refractivity contribution < 1.29 is 0 Å². The summed E-state index contributed by atoms with van der Waals surface area (Å²) in [6.45, 7) is 1.91. The van der Waals surface area contributed by atoms with E-state index in [0.29, 0.717) is 0 Å². The van der Waals surface area contributed by atoms with Gasteiger partial charge in [-0.1, -0.05) is 0 Å². The Morgan fingerprint density at radius 1 is 1.55 bits per heavy atom. The SMILES string of the molecule is Cc1ncc(Br)c2nncn12. The van der Waals surface area contributed by atoms with Gasteiger partial charge >= 0.3 is 0 Å². The van der Waals surface area contributed by atoms with Crippen molar-refractivity contribution in [2.24, 2.45) is 0 Å². The highest BCUT2D eigenvalue weighted by atomic mass is 79.9. The van der Waals surface area contributed by atoms with Crippen molar-refractivity contribution in [2.45, 2.75) is 6.92 Å². The van der Waals surface area contributed by atoms with Gasteiger partial charge in [0.2, 0.25) is 0 Å². The lowest BCUT2D eigenvalue weighted by molar-refractivity contribution is 0.975. The van der Waals surface area contributed by atoms with Crippen LogP contribution in [0.1, 0.15) is 5.82 Å². The maximum absolute atomic E-state index is 4.12. The molecule has 0 unspecified atom stereocenters. The molecule has 0 saturated heterocycles. The topological polar surface area (TPSA) is 43.1 Å². The van der Waals surface area contributed by atoms with Crippen molar-refractivity contribution in [1.29, 1.82) is 0 Å². The van der Waals surface area contributed by atoms with Crippen molar-refractivity contribution in [2.75, 3.05) is 0 Å². The smallest absolute Gasteiger partial charge is 0.177 e. The molecule has 0 amide bonds. The molecule has 0 bridgehead atoms. The molecule has 0 fully saturated rings. The molecular weight excluding hydrogens is 208 g/mol. The minimum absolute atomic E-state index is 0.803. The van der Waals surface area contributed by atoms with Crippen molar-refractivity contribution >= 4 is 21.6 Å². The number of aromatic nitrogens is 4. The van der Waals surface area contributed by atoms with Crippen LogP contribution in [0.25, 0.3) is 5.65 Å². The lowest BCUT2D eigenvalue weighted by atomic mass is 10.5. The summed E-state index contributed by atoms with van der Waals surface area (Å²) in [5.74, 6) is 0.883. The van der Waals surface area contributed by atoms with Crippen LogP contribution in [0.4, 0.5) is 0 Å². The average Bonchev–Trinajstić information content (AvgIpc) is 2.45. The molecule has 0 saturated carbocycles. The molecule has 0 aliphatic heterocycles. The molecule has 0 aliphatic rings. The maximum atomic E-state index is 4.12. The van der Waals surface area contributed by atoms with E-state index in [2.05, 4.69) is 31.1 Å². The molecular formula is C6H5BrN4. The molecule has 0 aromatic carbocycles. The number of halogens is 1. The molecule has 2 rings (SSSR count). The third-order valence-electron chi connectivity index (χ3n) is 1.47. The van der Waals surface area contributed by atoms with E-state index in [0.717, 1.165) is 15.9 Å². The normalized spacial score (nSPS) is 10.7. The maximum Gasteiger partial charge on any atom is 0.177 e. The number of aryl methyl sites for hydroxylation is 1. The Kier molecular flexibility index (Phi) is 1.38. The Morgan fingerprint density at radius 2 is 2.36 bits per heavy atom. The third kappa shape index (κ3) is 0.920. The molecule has 2 aromatic heterocycles. The van der Waals surface area contributed by atoms with Gasteiger partial charge in [-0.25, -0.2) is 4.98 Å². The Morgan fingerprint density at radius 3 is 3.09 bits per heavy atom. The van der Waals surface area contributed by atoms with Gasteiger partial charge in [0, 0.05) is 6.20 Å². The van der Waals surface area contributed by atoms with Crippen LogP contribution >= 0.6 is 15.9 Å². The zero-order valence-corrected chi connectivity index (χ0v) is 7.41. The van der Waals surface area contributed by atoms with Gasteiger partial charge in [0.1, 0.15) is 12.2 Å². The highest BCUT2D eigenvalue weighted by Gasteiger charge is 2.02. The van der Waals surface area contributed by atoms with Crippen molar-refractivity contribution in [1.82, 2.24) is 19.6 Å². The van der Waals surface area contributed by atoms with Gasteiger partial charge in [-0.05, 0) is 22.9 Å². The molecule has 0 radical (unpaired) electrons. The standard InChI is InChI=1S/C6H5BrN4/c1-4-8-2-5(7)6-10-9-3-11(4)6/h2-3H,1H3. The highest BCUT2D eigenvalue weighted by Crippen LogP contribution is 2.14. The van der Waals surface area contributed by atoms with Crippen LogP contribution < -0.4 is 0 Å². The minimum Gasteiger partial charge on any atom is -0.268 e. The highest BCUT2D eigenvalue weighted by molar-refractivity contribution is 9.10. The zero-order valence-electron chi connectivity index (χ0n) is 5.82. The van der Waals surface area contributed by atoms with E-state index in [9.17, 15) is 0 Å². The average molecular weight is 213 g/mol. The summed E-state index contributed by atoms with van der Waals surface area (Å²) in [7, 11) is 0. The molecule has 2 heterocycles. The fraction of sp³-hybridized carbons (Fsp3) is 0.167. The second-order valence-corrected chi connectivity index (χ2v) is 3.03. The molecule has 11 heavy (non-hydrogen) atoms. The van der Waals surface area contributed by atoms with Crippen LogP contribution in [-0.4, -0.2) is 19.6 Å². The first kappa shape index (κ1) is 6.72. The van der Waals surface area contributed by atoms with Gasteiger partial charge in [-0.3, -0.25) is 4.40 Å². The van der Waals surface area contributed by atoms with E-state index < -0.39 is 0 Å². The zero-order chi connectivity index (χ0) is 7.84. The van der Waals surface area contributed by atoms with Crippen LogP contribution in [0.2, 0.25) is 0 Å². The molecule has 56 valence electrons. The molecule has 0 N–H and O–H groups in total. The summed E-state index contributed by atoms with van der Waals surface area (Å²) in [5.41, 5.74) is 0.803. The Balaban J connectivity index is 2.96. The monoisotopic (exact) mass is 212 g/mol. The fourth-order valence-corrected chi connectivity index (χ4v) is 1.28. The second-order valence-electron chi connectivity index (χ2n) is 2.18. The van der Waals surface area contributed by atoms with Gasteiger partial charge in [0.15, 0.2) is 5.65 Å². The van der Waals surface area contributed by atoms with E-state index in [-0.39, 0.29) is 0 Å². The number of fused-ring (bicyclic) bond motifs is 1. The first-order valence-corrected chi connectivity index (χ1v) is 3.89. The summed E-state index contributed by atoms with van der Waals surface area (Å²) in [6.07, 6.45) is 3.36. The molecule has 0 spiro atoms. The number of nitrogens with zero attached hydrogens (tertiary/aromatic N) is 4. The van der Waals surface area contributed by atoms with Crippen LogP contribution in [0.5, 0.6) is 0 Å². The van der Waals surface area contributed by atoms with Gasteiger partial charge in [0.05, 0.1) is 4.47 Å². The van der Waals surface area contributed by atoms with Gasteiger partial charge in [-0.2, -0.15) is 0 Å². The van der Waals surface area contributed by atoms with Crippen molar-refractivity contribution in [3.8, 4) is 0 Å². The largest absolute Gasteiger partial charge is 0.268 e. The van der Waals surface area contributed by atoms with E-state index in [1.54, 1.807) is 12.5 Å². The van der Waals surface area contributed by atoms with Gasteiger partial charge in [-0.15, -0.1) is 10.2 Å². The molecule has 0 atom stereocenters. The lowest BCUT2D eigenvalue weighted by Crippen LogP contribution is -1.93. The molecule has 2 aromatic rings. The first-order chi connectivity index (χ1) is 5.29. The van der Waals surface area contributed by atoms with Gasteiger partial charge in [0.25, 0.3) is 0 Å². The van der Waals surface area contributed by atoms with Crippen LogP contribution in [0, 0.1) is 6.92 Å². The fourth-order valence-electron chi connectivity index (χ4n) is 0.905. The Hall–Kier alpha value is -0.970. The number of rotatable bonds is 0.